The van der Waals surface area contributed by atoms with Gasteiger partial charge in [0.1, 0.15) is 5.82 Å². The zero-order chi connectivity index (χ0) is 11.5. The highest BCUT2D eigenvalue weighted by atomic mass is 19.1. The van der Waals surface area contributed by atoms with Crippen molar-refractivity contribution in [3.05, 3.63) is 29.6 Å². The van der Waals surface area contributed by atoms with Gasteiger partial charge in [0.15, 0.2) is 0 Å². The highest BCUT2D eigenvalue weighted by Gasteiger charge is 2.16. The molecule has 1 fully saturated rings. The Morgan fingerprint density at radius 1 is 1.38 bits per heavy atom. The molecule has 3 N–H and O–H groups in total. The molecule has 1 aromatic carbocycles. The van der Waals surface area contributed by atoms with Gasteiger partial charge in [-0.1, -0.05) is 6.07 Å². The molecule has 1 atom stereocenters. The summed E-state index contributed by atoms with van der Waals surface area (Å²) in [5.74, 6) is -0.328. The Labute approximate surface area is 94.7 Å². The second kappa shape index (κ2) is 4.80. The molecule has 4 heteroatoms. The Bertz CT molecular complexity index is 364. The standard InChI is InChI=1S/C12H17FN2O/c13-11-7-9(15-5-1-2-6-15)3-4-10(11)12(14)8-16/h3-4,7,12,16H,1-2,5-6,8,14H2/t12-/m0/s1. The summed E-state index contributed by atoms with van der Waals surface area (Å²) in [5.41, 5.74) is 6.88. The molecule has 0 aromatic heterocycles. The van der Waals surface area contributed by atoms with Crippen molar-refractivity contribution in [2.24, 2.45) is 5.73 Å². The number of halogens is 1. The third-order valence-corrected chi connectivity index (χ3v) is 3.05. The summed E-state index contributed by atoms with van der Waals surface area (Å²) in [7, 11) is 0. The number of hydrogen-bond acceptors (Lipinski definition) is 3. The van der Waals surface area contributed by atoms with E-state index in [-0.39, 0.29) is 12.4 Å². The lowest BCUT2D eigenvalue weighted by Crippen LogP contribution is -2.19. The summed E-state index contributed by atoms with van der Waals surface area (Å²) in [4.78, 5) is 2.16. The van der Waals surface area contributed by atoms with Crippen LogP contribution in [0, 0.1) is 5.82 Å². The van der Waals surface area contributed by atoms with Gasteiger partial charge >= 0.3 is 0 Å². The van der Waals surface area contributed by atoms with Gasteiger partial charge in [-0.25, -0.2) is 4.39 Å². The van der Waals surface area contributed by atoms with Gasteiger partial charge in [-0.15, -0.1) is 0 Å². The van der Waals surface area contributed by atoms with Crippen LogP contribution in [0.4, 0.5) is 10.1 Å². The number of nitrogens with two attached hydrogens (primary N) is 1. The average molecular weight is 224 g/mol. The maximum absolute atomic E-state index is 13.7. The van der Waals surface area contributed by atoms with Crippen LogP contribution < -0.4 is 10.6 Å². The fourth-order valence-corrected chi connectivity index (χ4v) is 2.09. The maximum Gasteiger partial charge on any atom is 0.130 e. The largest absolute Gasteiger partial charge is 0.394 e. The van der Waals surface area contributed by atoms with Crippen LogP contribution in [0.2, 0.25) is 0 Å². The van der Waals surface area contributed by atoms with Crippen LogP contribution in [0.3, 0.4) is 0 Å². The predicted molar refractivity (Wildman–Crippen MR) is 61.9 cm³/mol. The van der Waals surface area contributed by atoms with E-state index in [2.05, 4.69) is 4.90 Å². The first kappa shape index (κ1) is 11.4. The number of aliphatic hydroxyl groups is 1. The van der Waals surface area contributed by atoms with Gasteiger partial charge in [-0.2, -0.15) is 0 Å². The molecule has 16 heavy (non-hydrogen) atoms. The van der Waals surface area contributed by atoms with Gasteiger partial charge in [-0.05, 0) is 25.0 Å². The van der Waals surface area contributed by atoms with E-state index in [0.717, 1.165) is 18.8 Å². The van der Waals surface area contributed by atoms with Crippen molar-refractivity contribution in [2.45, 2.75) is 18.9 Å². The van der Waals surface area contributed by atoms with Crippen molar-refractivity contribution in [3.63, 3.8) is 0 Å². The molecule has 0 radical (unpaired) electrons. The van der Waals surface area contributed by atoms with E-state index in [1.165, 1.54) is 18.9 Å². The Kier molecular flexibility index (Phi) is 3.41. The molecule has 1 aliphatic heterocycles. The summed E-state index contributed by atoms with van der Waals surface area (Å²) < 4.78 is 13.7. The van der Waals surface area contributed by atoms with E-state index in [0.29, 0.717) is 5.56 Å². The lowest BCUT2D eigenvalue weighted by atomic mass is 10.1. The first-order valence-electron chi connectivity index (χ1n) is 5.63. The van der Waals surface area contributed by atoms with Gasteiger partial charge in [0.05, 0.1) is 12.6 Å². The smallest absolute Gasteiger partial charge is 0.130 e. The average Bonchev–Trinajstić information content (AvgIpc) is 2.81. The molecule has 0 bridgehead atoms. The SMILES string of the molecule is N[C@@H](CO)c1ccc(N2CCCC2)cc1F. The Morgan fingerprint density at radius 2 is 2.06 bits per heavy atom. The molecule has 1 saturated heterocycles. The number of rotatable bonds is 3. The van der Waals surface area contributed by atoms with Gasteiger partial charge < -0.3 is 15.7 Å². The molecule has 3 nitrogen and oxygen atoms in total. The van der Waals surface area contributed by atoms with Crippen LogP contribution in [-0.4, -0.2) is 24.8 Å². The molecule has 0 amide bonds. The van der Waals surface area contributed by atoms with Crippen molar-refractivity contribution >= 4 is 5.69 Å². The molecule has 2 rings (SSSR count). The van der Waals surface area contributed by atoms with Crippen molar-refractivity contribution in [1.82, 2.24) is 0 Å². The van der Waals surface area contributed by atoms with Crippen LogP contribution in [-0.2, 0) is 0 Å². The van der Waals surface area contributed by atoms with E-state index in [9.17, 15) is 4.39 Å². The first-order chi connectivity index (χ1) is 7.72. The first-order valence-corrected chi connectivity index (χ1v) is 5.63. The number of aliphatic hydroxyl groups excluding tert-OH is 1. The zero-order valence-electron chi connectivity index (χ0n) is 9.19. The third kappa shape index (κ3) is 2.18. The molecule has 0 spiro atoms. The Hall–Kier alpha value is -1.13. The summed E-state index contributed by atoms with van der Waals surface area (Å²) in [5, 5.41) is 8.89. The van der Waals surface area contributed by atoms with Crippen LogP contribution in [0.5, 0.6) is 0 Å². The molecule has 1 heterocycles. The fraction of sp³-hybridized carbons (Fsp3) is 0.500. The molecule has 88 valence electrons. The van der Waals surface area contributed by atoms with Crippen molar-refractivity contribution in [1.29, 1.82) is 0 Å². The van der Waals surface area contributed by atoms with Gasteiger partial charge in [0.2, 0.25) is 0 Å². The zero-order valence-corrected chi connectivity index (χ0v) is 9.19. The van der Waals surface area contributed by atoms with E-state index in [1.54, 1.807) is 6.07 Å². The minimum atomic E-state index is -0.632. The second-order valence-electron chi connectivity index (χ2n) is 4.19. The molecule has 1 aromatic rings. The quantitative estimate of drug-likeness (QED) is 0.816. The molecular weight excluding hydrogens is 207 g/mol. The fourth-order valence-electron chi connectivity index (χ4n) is 2.09. The summed E-state index contributed by atoms with van der Waals surface area (Å²) in [6.07, 6.45) is 2.33. The maximum atomic E-state index is 13.7. The molecule has 0 saturated carbocycles. The molecular formula is C12H17FN2O. The topological polar surface area (TPSA) is 49.5 Å². The summed E-state index contributed by atoms with van der Waals surface area (Å²) in [6.45, 7) is 1.75. The number of hydrogen-bond donors (Lipinski definition) is 2. The van der Waals surface area contributed by atoms with Gasteiger partial charge in [0.25, 0.3) is 0 Å². The van der Waals surface area contributed by atoms with E-state index in [4.69, 9.17) is 10.8 Å². The monoisotopic (exact) mass is 224 g/mol. The highest BCUT2D eigenvalue weighted by molar-refractivity contribution is 5.49. The highest BCUT2D eigenvalue weighted by Crippen LogP contribution is 2.24. The normalized spacial score (nSPS) is 17.8. The Balaban J connectivity index is 2.21. The Morgan fingerprint density at radius 3 is 2.62 bits per heavy atom. The third-order valence-electron chi connectivity index (χ3n) is 3.05. The molecule has 0 aliphatic carbocycles. The van der Waals surface area contributed by atoms with Crippen LogP contribution in [0.1, 0.15) is 24.4 Å². The lowest BCUT2D eigenvalue weighted by Gasteiger charge is -2.19. The number of anilines is 1. The molecule has 1 aliphatic rings. The van der Waals surface area contributed by atoms with Crippen molar-refractivity contribution in [2.75, 3.05) is 24.6 Å². The lowest BCUT2D eigenvalue weighted by molar-refractivity contribution is 0.265. The number of nitrogens with zero attached hydrogens (tertiary/aromatic N) is 1. The van der Waals surface area contributed by atoms with Crippen molar-refractivity contribution in [3.8, 4) is 0 Å². The van der Waals surface area contributed by atoms with Crippen LogP contribution in [0.25, 0.3) is 0 Å². The number of benzene rings is 1. The summed E-state index contributed by atoms with van der Waals surface area (Å²) in [6, 6.07) is 4.42. The van der Waals surface area contributed by atoms with Crippen LogP contribution >= 0.6 is 0 Å². The minimum absolute atomic E-state index is 0.236. The second-order valence-corrected chi connectivity index (χ2v) is 4.19. The minimum Gasteiger partial charge on any atom is -0.394 e. The van der Waals surface area contributed by atoms with E-state index < -0.39 is 6.04 Å². The van der Waals surface area contributed by atoms with E-state index in [1.807, 2.05) is 6.07 Å². The van der Waals surface area contributed by atoms with Crippen molar-refractivity contribution < 1.29 is 9.50 Å². The van der Waals surface area contributed by atoms with Gasteiger partial charge in [0, 0.05) is 24.3 Å². The van der Waals surface area contributed by atoms with E-state index >= 15 is 0 Å². The van der Waals surface area contributed by atoms with Crippen LogP contribution in [0.15, 0.2) is 18.2 Å². The predicted octanol–water partition coefficient (Wildman–Crippen LogP) is 1.42. The van der Waals surface area contributed by atoms with Gasteiger partial charge in [-0.3, -0.25) is 0 Å². The molecule has 0 unspecified atom stereocenters. The summed E-state index contributed by atoms with van der Waals surface area (Å²) >= 11 is 0.